The summed E-state index contributed by atoms with van der Waals surface area (Å²) >= 11 is 0. The molecule has 0 aliphatic carbocycles. The molecular formula is C13H22N2O. The summed E-state index contributed by atoms with van der Waals surface area (Å²) in [5.74, 6) is 1.29. The number of rotatable bonds is 5. The van der Waals surface area contributed by atoms with Crippen molar-refractivity contribution in [3.8, 4) is 5.88 Å². The third-order valence-corrected chi connectivity index (χ3v) is 2.41. The van der Waals surface area contributed by atoms with Crippen molar-refractivity contribution in [3.05, 3.63) is 23.9 Å². The summed E-state index contributed by atoms with van der Waals surface area (Å²) in [5, 5.41) is 0. The topological polar surface area (TPSA) is 48.1 Å². The fraction of sp³-hybridized carbons (Fsp3) is 0.615. The van der Waals surface area contributed by atoms with Crippen molar-refractivity contribution in [2.24, 2.45) is 11.7 Å². The molecular weight excluding hydrogens is 200 g/mol. The zero-order valence-corrected chi connectivity index (χ0v) is 10.6. The van der Waals surface area contributed by atoms with E-state index < -0.39 is 0 Å². The lowest BCUT2D eigenvalue weighted by atomic mass is 10.1. The Hall–Kier alpha value is -1.09. The molecule has 16 heavy (non-hydrogen) atoms. The van der Waals surface area contributed by atoms with Gasteiger partial charge in [0.2, 0.25) is 5.88 Å². The Morgan fingerprint density at radius 1 is 1.31 bits per heavy atom. The van der Waals surface area contributed by atoms with Crippen LogP contribution in [-0.2, 0) is 0 Å². The monoisotopic (exact) mass is 222 g/mol. The molecule has 0 spiro atoms. The second kappa shape index (κ2) is 5.85. The molecule has 0 aliphatic rings. The first-order valence-electron chi connectivity index (χ1n) is 5.87. The highest BCUT2D eigenvalue weighted by Crippen LogP contribution is 2.22. The number of hydrogen-bond acceptors (Lipinski definition) is 3. The van der Waals surface area contributed by atoms with E-state index in [0.717, 1.165) is 12.0 Å². The molecule has 3 heteroatoms. The maximum Gasteiger partial charge on any atom is 0.218 e. The molecule has 0 bridgehead atoms. The number of nitrogens with zero attached hydrogens (tertiary/aromatic N) is 1. The minimum atomic E-state index is -0.0463. The highest BCUT2D eigenvalue weighted by molar-refractivity contribution is 5.28. The van der Waals surface area contributed by atoms with E-state index >= 15 is 0 Å². The number of aromatic nitrogens is 1. The van der Waals surface area contributed by atoms with E-state index in [4.69, 9.17) is 10.5 Å². The van der Waals surface area contributed by atoms with Gasteiger partial charge in [0, 0.05) is 17.8 Å². The summed E-state index contributed by atoms with van der Waals surface area (Å²) in [6.07, 6.45) is 2.94. The molecule has 0 aliphatic heterocycles. The first kappa shape index (κ1) is 13.0. The van der Waals surface area contributed by atoms with Gasteiger partial charge in [-0.15, -0.1) is 0 Å². The van der Waals surface area contributed by atoms with E-state index in [-0.39, 0.29) is 12.1 Å². The van der Waals surface area contributed by atoms with E-state index in [9.17, 15) is 0 Å². The van der Waals surface area contributed by atoms with Gasteiger partial charge in [-0.25, -0.2) is 4.98 Å². The molecule has 2 N–H and O–H groups in total. The van der Waals surface area contributed by atoms with Gasteiger partial charge in [0.1, 0.15) is 0 Å². The zero-order valence-electron chi connectivity index (χ0n) is 10.6. The molecule has 1 aromatic heterocycles. The fourth-order valence-corrected chi connectivity index (χ4v) is 1.75. The normalized spacial score (nSPS) is 14.9. The van der Waals surface area contributed by atoms with Crippen molar-refractivity contribution in [3.63, 3.8) is 0 Å². The lowest BCUT2D eigenvalue weighted by Gasteiger charge is -2.18. The summed E-state index contributed by atoms with van der Waals surface area (Å²) in [6, 6.07) is 3.81. The second-order valence-electron chi connectivity index (χ2n) is 4.74. The van der Waals surface area contributed by atoms with Crippen molar-refractivity contribution in [1.29, 1.82) is 0 Å². The Balaban J connectivity index is 2.72. The Labute approximate surface area is 98.0 Å². The Bertz CT molecular complexity index is 323. The smallest absolute Gasteiger partial charge is 0.218 e. The van der Waals surface area contributed by atoms with E-state index in [1.54, 1.807) is 6.20 Å². The van der Waals surface area contributed by atoms with Crippen molar-refractivity contribution >= 4 is 0 Å². The van der Waals surface area contributed by atoms with Gasteiger partial charge in [0.15, 0.2) is 0 Å². The van der Waals surface area contributed by atoms with Gasteiger partial charge < -0.3 is 10.5 Å². The number of nitrogens with two attached hydrogens (primary N) is 1. The van der Waals surface area contributed by atoms with Crippen LogP contribution in [0.3, 0.4) is 0 Å². The molecule has 0 fully saturated rings. The maximum absolute atomic E-state index is 5.87. The molecule has 0 saturated carbocycles. The molecule has 0 amide bonds. The van der Waals surface area contributed by atoms with Gasteiger partial charge in [0.05, 0.1) is 6.10 Å². The maximum atomic E-state index is 5.87. The lowest BCUT2D eigenvalue weighted by molar-refractivity contribution is 0.183. The molecule has 3 nitrogen and oxygen atoms in total. The van der Waals surface area contributed by atoms with Gasteiger partial charge in [-0.05, 0) is 32.3 Å². The first-order valence-corrected chi connectivity index (χ1v) is 5.87. The van der Waals surface area contributed by atoms with Gasteiger partial charge in [-0.3, -0.25) is 0 Å². The second-order valence-corrected chi connectivity index (χ2v) is 4.74. The molecule has 90 valence electrons. The SMILES string of the molecule is CC(C)CC(C)Oc1ncccc1C(C)N. The highest BCUT2D eigenvalue weighted by Gasteiger charge is 2.12. The molecule has 0 radical (unpaired) electrons. The largest absolute Gasteiger partial charge is 0.474 e. The van der Waals surface area contributed by atoms with Crippen molar-refractivity contribution in [2.45, 2.75) is 46.3 Å². The summed E-state index contributed by atoms with van der Waals surface area (Å²) in [4.78, 5) is 4.24. The van der Waals surface area contributed by atoms with Crippen LogP contribution in [0.15, 0.2) is 18.3 Å². The van der Waals surface area contributed by atoms with Crippen LogP contribution in [0.5, 0.6) is 5.88 Å². The van der Waals surface area contributed by atoms with Crippen LogP contribution in [0.1, 0.15) is 45.7 Å². The van der Waals surface area contributed by atoms with Gasteiger partial charge >= 0.3 is 0 Å². The van der Waals surface area contributed by atoms with Gasteiger partial charge in [-0.1, -0.05) is 19.9 Å². The van der Waals surface area contributed by atoms with Crippen LogP contribution in [-0.4, -0.2) is 11.1 Å². The van der Waals surface area contributed by atoms with Gasteiger partial charge in [0.25, 0.3) is 0 Å². The molecule has 0 saturated heterocycles. The molecule has 1 rings (SSSR count). The average molecular weight is 222 g/mol. The fourth-order valence-electron chi connectivity index (χ4n) is 1.75. The molecule has 2 unspecified atom stereocenters. The Morgan fingerprint density at radius 3 is 2.56 bits per heavy atom. The predicted molar refractivity (Wildman–Crippen MR) is 66.4 cm³/mol. The van der Waals surface area contributed by atoms with Crippen molar-refractivity contribution in [1.82, 2.24) is 4.98 Å². The van der Waals surface area contributed by atoms with Crippen LogP contribution < -0.4 is 10.5 Å². The van der Waals surface area contributed by atoms with Crippen LogP contribution >= 0.6 is 0 Å². The number of hydrogen-bond donors (Lipinski definition) is 1. The Morgan fingerprint density at radius 2 is 2.00 bits per heavy atom. The number of pyridine rings is 1. The third-order valence-electron chi connectivity index (χ3n) is 2.41. The van der Waals surface area contributed by atoms with Crippen molar-refractivity contribution in [2.75, 3.05) is 0 Å². The van der Waals surface area contributed by atoms with E-state index in [2.05, 4.69) is 25.8 Å². The average Bonchev–Trinajstić information content (AvgIpc) is 2.16. The third kappa shape index (κ3) is 3.81. The molecule has 1 heterocycles. The van der Waals surface area contributed by atoms with Crippen LogP contribution in [0, 0.1) is 5.92 Å². The quantitative estimate of drug-likeness (QED) is 0.833. The molecule has 1 aromatic rings. The highest BCUT2D eigenvalue weighted by atomic mass is 16.5. The summed E-state index contributed by atoms with van der Waals surface area (Å²) in [6.45, 7) is 8.38. The standard InChI is InChI=1S/C13H22N2O/c1-9(2)8-10(3)16-13-12(11(4)14)6-5-7-15-13/h5-7,9-11H,8,14H2,1-4H3. The summed E-state index contributed by atoms with van der Waals surface area (Å²) < 4.78 is 5.83. The summed E-state index contributed by atoms with van der Waals surface area (Å²) in [5.41, 5.74) is 6.84. The van der Waals surface area contributed by atoms with Gasteiger partial charge in [-0.2, -0.15) is 0 Å². The van der Waals surface area contributed by atoms with Crippen LogP contribution in [0.2, 0.25) is 0 Å². The van der Waals surface area contributed by atoms with E-state index in [1.165, 1.54) is 0 Å². The molecule has 0 aromatic carbocycles. The first-order chi connectivity index (χ1) is 7.50. The predicted octanol–water partition coefficient (Wildman–Crippen LogP) is 2.91. The summed E-state index contributed by atoms with van der Waals surface area (Å²) in [7, 11) is 0. The minimum absolute atomic E-state index is 0.0463. The lowest BCUT2D eigenvalue weighted by Crippen LogP contribution is -2.17. The zero-order chi connectivity index (χ0) is 12.1. The molecule has 2 atom stereocenters. The van der Waals surface area contributed by atoms with Crippen molar-refractivity contribution < 1.29 is 4.74 Å². The van der Waals surface area contributed by atoms with Crippen LogP contribution in [0.25, 0.3) is 0 Å². The minimum Gasteiger partial charge on any atom is -0.474 e. The Kier molecular flexibility index (Phi) is 4.74. The van der Waals surface area contributed by atoms with E-state index in [0.29, 0.717) is 11.8 Å². The van der Waals surface area contributed by atoms with Crippen LogP contribution in [0.4, 0.5) is 0 Å². The number of ether oxygens (including phenoxy) is 1. The van der Waals surface area contributed by atoms with E-state index in [1.807, 2.05) is 19.1 Å².